The lowest BCUT2D eigenvalue weighted by molar-refractivity contribution is -0.112. The Morgan fingerprint density at radius 3 is 2.14 bits per heavy atom. The van der Waals surface area contributed by atoms with Crippen molar-refractivity contribution in [3.63, 3.8) is 0 Å². The molecule has 0 aromatic carbocycles. The Labute approximate surface area is 88.5 Å². The highest BCUT2D eigenvalue weighted by Crippen LogP contribution is 2.64. The summed E-state index contributed by atoms with van der Waals surface area (Å²) in [5.41, 5.74) is 0.809. The number of hydrogen-bond acceptors (Lipinski definition) is 0. The molecule has 0 aromatic heterocycles. The van der Waals surface area contributed by atoms with Gasteiger partial charge in [0.25, 0.3) is 0 Å². The maximum absolute atomic E-state index is 2.45. The summed E-state index contributed by atoms with van der Waals surface area (Å²) < 4.78 is 0. The third-order valence-corrected chi connectivity index (χ3v) is 5.83. The highest BCUT2D eigenvalue weighted by molar-refractivity contribution is 5.04. The van der Waals surface area contributed by atoms with Crippen molar-refractivity contribution < 1.29 is 0 Å². The van der Waals surface area contributed by atoms with Gasteiger partial charge in [0.2, 0.25) is 0 Å². The van der Waals surface area contributed by atoms with Crippen LogP contribution in [0.15, 0.2) is 0 Å². The largest absolute Gasteiger partial charge is 0.0651 e. The smallest absolute Gasteiger partial charge is 0.0264 e. The van der Waals surface area contributed by atoms with Crippen LogP contribution >= 0.6 is 0 Å². The first-order chi connectivity index (χ1) is 6.77. The van der Waals surface area contributed by atoms with Gasteiger partial charge in [0.1, 0.15) is 0 Å². The number of rotatable bonds is 2. The first-order valence-corrected chi connectivity index (χ1v) is 6.77. The van der Waals surface area contributed by atoms with Crippen LogP contribution in [0.1, 0.15) is 58.8 Å². The lowest BCUT2D eigenvalue weighted by Crippen LogP contribution is -2.52. The average Bonchev–Trinajstić information content (AvgIpc) is 2.16. The van der Waals surface area contributed by atoms with Gasteiger partial charge in [-0.15, -0.1) is 0 Å². The van der Waals surface area contributed by atoms with Crippen LogP contribution in [0.4, 0.5) is 0 Å². The molecule has 0 aliphatic heterocycles. The first-order valence-electron chi connectivity index (χ1n) is 6.77. The van der Waals surface area contributed by atoms with Crippen LogP contribution in [0.3, 0.4) is 0 Å². The Bertz CT molecular complexity index is 216. The van der Waals surface area contributed by atoms with E-state index in [9.17, 15) is 0 Å². The number of hydrogen-bond donors (Lipinski definition) is 0. The van der Waals surface area contributed by atoms with E-state index in [1.807, 2.05) is 0 Å². The molecule has 4 bridgehead atoms. The molecule has 4 saturated carbocycles. The zero-order chi connectivity index (χ0) is 9.76. The van der Waals surface area contributed by atoms with E-state index in [0.29, 0.717) is 0 Å². The zero-order valence-electron chi connectivity index (χ0n) is 9.76. The molecule has 4 rings (SSSR count). The minimum Gasteiger partial charge on any atom is -0.0651 e. The normalized spacial score (nSPS) is 55.3. The Morgan fingerprint density at radius 2 is 1.64 bits per heavy atom. The molecule has 0 radical (unpaired) electrons. The second-order valence-corrected chi connectivity index (χ2v) is 6.34. The van der Waals surface area contributed by atoms with Crippen molar-refractivity contribution in [3.05, 3.63) is 0 Å². The van der Waals surface area contributed by atoms with Crippen LogP contribution in [0.5, 0.6) is 0 Å². The van der Waals surface area contributed by atoms with E-state index >= 15 is 0 Å². The summed E-state index contributed by atoms with van der Waals surface area (Å²) in [6, 6.07) is 0. The van der Waals surface area contributed by atoms with Gasteiger partial charge < -0.3 is 0 Å². The summed E-state index contributed by atoms with van der Waals surface area (Å²) in [6.07, 6.45) is 10.9. The molecule has 80 valence electrons. The molecule has 3 atom stereocenters. The predicted octanol–water partition coefficient (Wildman–Crippen LogP) is 4.25. The van der Waals surface area contributed by atoms with Gasteiger partial charge in [0, 0.05) is 0 Å². The van der Waals surface area contributed by atoms with Crippen molar-refractivity contribution in [1.29, 1.82) is 0 Å². The van der Waals surface area contributed by atoms with E-state index in [-0.39, 0.29) is 0 Å². The lowest BCUT2D eigenvalue weighted by atomic mass is 9.44. The van der Waals surface area contributed by atoms with Crippen molar-refractivity contribution in [2.75, 3.05) is 0 Å². The van der Waals surface area contributed by atoms with Crippen LogP contribution in [0.2, 0.25) is 0 Å². The fourth-order valence-electron chi connectivity index (χ4n) is 5.63. The highest BCUT2D eigenvalue weighted by atomic mass is 14.6. The fourth-order valence-corrected chi connectivity index (χ4v) is 5.63. The molecule has 0 nitrogen and oxygen atoms in total. The van der Waals surface area contributed by atoms with E-state index in [1.54, 1.807) is 32.1 Å². The van der Waals surface area contributed by atoms with Gasteiger partial charge in [0.05, 0.1) is 0 Å². The molecule has 0 amide bonds. The second kappa shape index (κ2) is 3.00. The summed E-state index contributed by atoms with van der Waals surface area (Å²) in [4.78, 5) is 0. The van der Waals surface area contributed by atoms with E-state index in [0.717, 1.165) is 29.1 Å². The van der Waals surface area contributed by atoms with Gasteiger partial charge in [0.15, 0.2) is 0 Å². The molecular weight excluding hydrogens is 168 g/mol. The van der Waals surface area contributed by atoms with E-state index in [4.69, 9.17) is 0 Å². The Kier molecular flexibility index (Phi) is 1.98. The van der Waals surface area contributed by atoms with E-state index < -0.39 is 0 Å². The first kappa shape index (κ1) is 9.24. The van der Waals surface area contributed by atoms with E-state index in [1.165, 1.54) is 12.8 Å². The minimum atomic E-state index is 0.809. The molecule has 0 heteroatoms. The van der Waals surface area contributed by atoms with Gasteiger partial charge in [-0.1, -0.05) is 26.7 Å². The molecule has 4 aliphatic rings. The molecule has 4 fully saturated rings. The summed E-state index contributed by atoms with van der Waals surface area (Å²) in [5, 5.41) is 0. The summed E-state index contributed by atoms with van der Waals surface area (Å²) in [5.74, 6) is 4.50. The van der Waals surface area contributed by atoms with Crippen LogP contribution in [0.25, 0.3) is 0 Å². The molecule has 14 heavy (non-hydrogen) atoms. The molecule has 0 aromatic rings. The van der Waals surface area contributed by atoms with E-state index in [2.05, 4.69) is 13.8 Å². The average molecular weight is 192 g/mol. The Hall–Kier alpha value is 0. The van der Waals surface area contributed by atoms with Crippen molar-refractivity contribution in [1.82, 2.24) is 0 Å². The predicted molar refractivity (Wildman–Crippen MR) is 60.1 cm³/mol. The maximum Gasteiger partial charge on any atom is -0.0264 e. The van der Waals surface area contributed by atoms with Crippen LogP contribution in [-0.4, -0.2) is 0 Å². The molecule has 0 saturated heterocycles. The molecule has 0 spiro atoms. The summed E-state index contributed by atoms with van der Waals surface area (Å²) >= 11 is 0. The monoisotopic (exact) mass is 192 g/mol. The molecule has 4 aliphatic carbocycles. The molecule has 0 heterocycles. The SMILES string of the molecule is CC[C@H]1C2CC3CC(C2)CC1(CC)C3. The highest BCUT2D eigenvalue weighted by Gasteiger charge is 2.54. The lowest BCUT2D eigenvalue weighted by Gasteiger charge is -2.61. The van der Waals surface area contributed by atoms with Crippen LogP contribution in [-0.2, 0) is 0 Å². The van der Waals surface area contributed by atoms with Crippen LogP contribution in [0, 0.1) is 29.1 Å². The zero-order valence-corrected chi connectivity index (χ0v) is 9.76. The quantitative estimate of drug-likeness (QED) is 0.613. The van der Waals surface area contributed by atoms with Gasteiger partial charge >= 0.3 is 0 Å². The summed E-state index contributed by atoms with van der Waals surface area (Å²) in [6.45, 7) is 4.89. The fraction of sp³-hybridized carbons (Fsp3) is 1.00. The van der Waals surface area contributed by atoms with Crippen molar-refractivity contribution in [3.8, 4) is 0 Å². The molecule has 2 unspecified atom stereocenters. The van der Waals surface area contributed by atoms with Crippen LogP contribution < -0.4 is 0 Å². The van der Waals surface area contributed by atoms with Gasteiger partial charge in [-0.2, -0.15) is 0 Å². The topological polar surface area (TPSA) is 0 Å². The minimum absolute atomic E-state index is 0.809. The van der Waals surface area contributed by atoms with Gasteiger partial charge in [-0.05, 0) is 61.2 Å². The standard InChI is InChI=1S/C14H24/c1-3-13-12-6-10-5-11(7-12)9-14(13,4-2)8-10/h10-13H,3-9H2,1-2H3/t10?,11?,12?,13-,14?/m0/s1. The molecular formula is C14H24. The second-order valence-electron chi connectivity index (χ2n) is 6.34. The molecule has 0 N–H and O–H groups in total. The van der Waals surface area contributed by atoms with Gasteiger partial charge in [-0.25, -0.2) is 0 Å². The summed E-state index contributed by atoms with van der Waals surface area (Å²) in [7, 11) is 0. The van der Waals surface area contributed by atoms with Crippen molar-refractivity contribution in [2.24, 2.45) is 29.1 Å². The van der Waals surface area contributed by atoms with Crippen molar-refractivity contribution in [2.45, 2.75) is 58.8 Å². The third kappa shape index (κ3) is 1.06. The Morgan fingerprint density at radius 1 is 1.00 bits per heavy atom. The Balaban J connectivity index is 1.94. The van der Waals surface area contributed by atoms with Gasteiger partial charge in [-0.3, -0.25) is 0 Å². The maximum atomic E-state index is 2.45. The third-order valence-electron chi connectivity index (χ3n) is 5.83. The van der Waals surface area contributed by atoms with Crippen molar-refractivity contribution >= 4 is 0 Å².